The minimum atomic E-state index is -0.586. The third kappa shape index (κ3) is 2.87. The lowest BCUT2D eigenvalue weighted by Crippen LogP contribution is -2.54. The largest absolute Gasteiger partial charge is 0.443 e. The highest BCUT2D eigenvalue weighted by Crippen LogP contribution is 2.33. The molecule has 3 aliphatic rings. The van der Waals surface area contributed by atoms with Crippen molar-refractivity contribution in [2.45, 2.75) is 58.1 Å². The number of carbonyl (C=O) groups is 2. The smallest absolute Gasteiger partial charge is 0.417 e. The third-order valence-corrected chi connectivity index (χ3v) is 4.43. The van der Waals surface area contributed by atoms with Gasteiger partial charge >= 0.3 is 6.09 Å². The highest BCUT2D eigenvalue weighted by molar-refractivity contribution is 5.94. The van der Waals surface area contributed by atoms with Crippen molar-refractivity contribution in [1.82, 2.24) is 4.90 Å². The maximum atomic E-state index is 12.7. The van der Waals surface area contributed by atoms with Crippen molar-refractivity contribution >= 4 is 12.0 Å². The number of piperidine rings is 1. The quantitative estimate of drug-likeness (QED) is 0.738. The number of ether oxygens (including phenoxy) is 1. The van der Waals surface area contributed by atoms with E-state index in [0.717, 1.165) is 25.7 Å². The van der Waals surface area contributed by atoms with Gasteiger partial charge in [-0.1, -0.05) is 24.3 Å². The van der Waals surface area contributed by atoms with Crippen LogP contribution >= 0.6 is 0 Å². The number of benzene rings is 1. The summed E-state index contributed by atoms with van der Waals surface area (Å²) in [4.78, 5) is 26.6. The van der Waals surface area contributed by atoms with E-state index in [2.05, 4.69) is 12.1 Å². The predicted octanol–water partition coefficient (Wildman–Crippen LogP) is 3.33. The Morgan fingerprint density at radius 1 is 1.14 bits per heavy atom. The van der Waals surface area contributed by atoms with Crippen LogP contribution in [0.15, 0.2) is 24.3 Å². The zero-order chi connectivity index (χ0) is 15.9. The van der Waals surface area contributed by atoms with Gasteiger partial charge in [-0.2, -0.15) is 0 Å². The van der Waals surface area contributed by atoms with E-state index in [1.165, 1.54) is 16.0 Å². The molecule has 1 aromatic rings. The summed E-state index contributed by atoms with van der Waals surface area (Å²) in [6.45, 7) is 5.48. The standard InChI is InChI=1S/C18H23NO3/c1-18(2,3)22-17(21)19-15-9-8-14(16(19)20)10-12-6-4-5-7-13(12)11-15/h4-7,14-15H,8-11H2,1-3H3. The van der Waals surface area contributed by atoms with Crippen molar-refractivity contribution in [3.05, 3.63) is 35.4 Å². The highest BCUT2D eigenvalue weighted by atomic mass is 16.6. The first-order chi connectivity index (χ1) is 10.3. The van der Waals surface area contributed by atoms with Crippen LogP contribution in [0, 0.1) is 5.92 Å². The first kappa shape index (κ1) is 15.1. The zero-order valence-electron chi connectivity index (χ0n) is 13.5. The van der Waals surface area contributed by atoms with Gasteiger partial charge in [0.2, 0.25) is 5.91 Å². The van der Waals surface area contributed by atoms with Crippen molar-refractivity contribution in [1.29, 1.82) is 0 Å². The van der Waals surface area contributed by atoms with Gasteiger partial charge in [0.1, 0.15) is 5.60 Å². The molecule has 0 radical (unpaired) electrons. The molecular formula is C18H23NO3. The van der Waals surface area contributed by atoms with E-state index >= 15 is 0 Å². The molecule has 0 N–H and O–H groups in total. The van der Waals surface area contributed by atoms with Gasteiger partial charge in [0.25, 0.3) is 0 Å². The van der Waals surface area contributed by atoms with E-state index in [0.29, 0.717) is 0 Å². The minimum Gasteiger partial charge on any atom is -0.443 e. The van der Waals surface area contributed by atoms with Gasteiger partial charge in [-0.3, -0.25) is 4.79 Å². The van der Waals surface area contributed by atoms with Crippen LogP contribution in [0.5, 0.6) is 0 Å². The van der Waals surface area contributed by atoms with Crippen LogP contribution in [0.25, 0.3) is 0 Å². The van der Waals surface area contributed by atoms with Gasteiger partial charge in [0, 0.05) is 12.0 Å². The van der Waals surface area contributed by atoms with Crippen molar-refractivity contribution in [2.24, 2.45) is 5.92 Å². The van der Waals surface area contributed by atoms with E-state index in [1.54, 1.807) is 0 Å². The molecule has 0 saturated carbocycles. The van der Waals surface area contributed by atoms with Gasteiger partial charge in [0.15, 0.2) is 0 Å². The lowest BCUT2D eigenvalue weighted by Gasteiger charge is -2.40. The summed E-state index contributed by atoms with van der Waals surface area (Å²) in [5, 5.41) is 0. The van der Waals surface area contributed by atoms with E-state index in [4.69, 9.17) is 4.74 Å². The van der Waals surface area contributed by atoms with Gasteiger partial charge in [-0.05, 0) is 57.6 Å². The monoisotopic (exact) mass is 301 g/mol. The fraction of sp³-hybridized carbons (Fsp3) is 0.556. The summed E-state index contributed by atoms with van der Waals surface area (Å²) in [6.07, 6.45) is 2.68. The van der Waals surface area contributed by atoms with Gasteiger partial charge in [-0.15, -0.1) is 0 Å². The van der Waals surface area contributed by atoms with Crippen molar-refractivity contribution in [2.75, 3.05) is 0 Å². The number of hydrogen-bond acceptors (Lipinski definition) is 3. The number of amides is 2. The second-order valence-electron chi connectivity index (χ2n) is 7.29. The van der Waals surface area contributed by atoms with Crippen molar-refractivity contribution in [3.8, 4) is 0 Å². The molecule has 1 fully saturated rings. The van der Waals surface area contributed by atoms with Gasteiger partial charge in [-0.25, -0.2) is 9.69 Å². The van der Waals surface area contributed by atoms with Crippen LogP contribution < -0.4 is 0 Å². The fourth-order valence-electron chi connectivity index (χ4n) is 3.43. The summed E-state index contributed by atoms with van der Waals surface area (Å²) >= 11 is 0. The molecule has 0 aromatic heterocycles. The number of hydrogen-bond donors (Lipinski definition) is 0. The molecule has 2 bridgehead atoms. The Kier molecular flexibility index (Phi) is 3.71. The van der Waals surface area contributed by atoms with Crippen LogP contribution in [-0.4, -0.2) is 28.5 Å². The maximum absolute atomic E-state index is 12.7. The maximum Gasteiger partial charge on any atom is 0.417 e. The van der Waals surface area contributed by atoms with E-state index in [9.17, 15) is 9.59 Å². The highest BCUT2D eigenvalue weighted by Gasteiger charge is 2.42. The minimum absolute atomic E-state index is 0.0694. The van der Waals surface area contributed by atoms with Crippen LogP contribution in [0.1, 0.15) is 44.7 Å². The summed E-state index contributed by atoms with van der Waals surface area (Å²) in [6, 6.07) is 8.16. The average molecular weight is 301 g/mol. The Morgan fingerprint density at radius 3 is 2.41 bits per heavy atom. The Labute approximate surface area is 131 Å². The van der Waals surface area contributed by atoms with Crippen molar-refractivity contribution in [3.63, 3.8) is 0 Å². The molecule has 2 unspecified atom stereocenters. The molecular weight excluding hydrogens is 278 g/mol. The topological polar surface area (TPSA) is 46.6 Å². The average Bonchev–Trinajstić information content (AvgIpc) is 2.38. The second kappa shape index (κ2) is 5.41. The van der Waals surface area contributed by atoms with Crippen LogP contribution in [0.2, 0.25) is 0 Å². The molecule has 2 heterocycles. The zero-order valence-corrected chi connectivity index (χ0v) is 13.5. The normalized spacial score (nSPS) is 24.5. The van der Waals surface area contributed by atoms with Crippen LogP contribution in [0.3, 0.4) is 0 Å². The lowest BCUT2D eigenvalue weighted by molar-refractivity contribution is -0.140. The molecule has 2 amide bonds. The molecule has 2 atom stereocenters. The molecule has 2 aliphatic heterocycles. The van der Waals surface area contributed by atoms with E-state index in [-0.39, 0.29) is 17.9 Å². The Balaban J connectivity index is 1.91. The molecule has 1 aliphatic carbocycles. The number of fused-ring (bicyclic) bond motifs is 2. The van der Waals surface area contributed by atoms with Crippen LogP contribution in [-0.2, 0) is 22.4 Å². The molecule has 4 rings (SSSR count). The number of carbonyl (C=O) groups excluding carboxylic acids is 2. The third-order valence-electron chi connectivity index (χ3n) is 4.43. The Morgan fingerprint density at radius 2 is 1.77 bits per heavy atom. The summed E-state index contributed by atoms with van der Waals surface area (Å²) in [5.74, 6) is -0.176. The molecule has 1 aromatic carbocycles. The number of imide groups is 1. The van der Waals surface area contributed by atoms with Crippen LogP contribution in [0.4, 0.5) is 4.79 Å². The van der Waals surface area contributed by atoms with E-state index in [1.807, 2.05) is 32.9 Å². The lowest BCUT2D eigenvalue weighted by atomic mass is 9.80. The molecule has 0 spiro atoms. The second-order valence-corrected chi connectivity index (χ2v) is 7.29. The van der Waals surface area contributed by atoms with E-state index < -0.39 is 11.7 Å². The Bertz CT molecular complexity index is 603. The number of rotatable bonds is 0. The Hall–Kier alpha value is -1.84. The number of nitrogens with zero attached hydrogens (tertiary/aromatic N) is 1. The summed E-state index contributed by atoms with van der Waals surface area (Å²) < 4.78 is 5.45. The SMILES string of the molecule is CC(C)(C)OC(=O)N1C(=O)C2CCC1Cc1ccccc1C2. The first-order valence-electron chi connectivity index (χ1n) is 7.98. The molecule has 22 heavy (non-hydrogen) atoms. The molecule has 1 saturated heterocycles. The molecule has 118 valence electrons. The van der Waals surface area contributed by atoms with Gasteiger partial charge < -0.3 is 4.74 Å². The molecule has 4 nitrogen and oxygen atoms in total. The summed E-state index contributed by atoms with van der Waals surface area (Å²) in [5.41, 5.74) is 1.91. The summed E-state index contributed by atoms with van der Waals surface area (Å²) in [7, 11) is 0. The fourth-order valence-corrected chi connectivity index (χ4v) is 3.43. The molecule has 4 heteroatoms. The van der Waals surface area contributed by atoms with Gasteiger partial charge in [0.05, 0.1) is 0 Å². The first-order valence-corrected chi connectivity index (χ1v) is 7.98. The van der Waals surface area contributed by atoms with Crippen molar-refractivity contribution < 1.29 is 14.3 Å². The predicted molar refractivity (Wildman–Crippen MR) is 83.4 cm³/mol.